The van der Waals surface area contributed by atoms with Crippen molar-refractivity contribution in [3.63, 3.8) is 0 Å². The van der Waals surface area contributed by atoms with Crippen molar-refractivity contribution in [2.24, 2.45) is 5.92 Å². The molecular formula is C19H22N4O6. The molecule has 0 bridgehead atoms. The first-order valence-corrected chi connectivity index (χ1v) is 9.32. The quantitative estimate of drug-likeness (QED) is 0.387. The summed E-state index contributed by atoms with van der Waals surface area (Å²) in [6, 6.07) is 5.73. The Morgan fingerprint density at radius 3 is 2.62 bits per heavy atom. The third kappa shape index (κ3) is 5.09. The highest BCUT2D eigenvalue weighted by molar-refractivity contribution is 5.90. The topological polar surface area (TPSA) is 126 Å². The maximum atomic E-state index is 12.2. The van der Waals surface area contributed by atoms with E-state index in [1.165, 1.54) is 35.1 Å². The summed E-state index contributed by atoms with van der Waals surface area (Å²) in [7, 11) is 0. The van der Waals surface area contributed by atoms with Gasteiger partial charge in [0, 0.05) is 18.2 Å². The Kier molecular flexibility index (Phi) is 6.10. The van der Waals surface area contributed by atoms with E-state index in [2.05, 4.69) is 10.4 Å². The number of carbonyl (C=O) groups is 2. The number of hydrogen-bond donors (Lipinski definition) is 1. The molecule has 1 fully saturated rings. The number of non-ortho nitro benzene ring substituents is 1. The van der Waals surface area contributed by atoms with Crippen molar-refractivity contribution >= 4 is 17.6 Å². The number of aromatic nitrogens is 2. The molecule has 10 nitrogen and oxygen atoms in total. The lowest BCUT2D eigenvalue weighted by molar-refractivity contribution is -0.384. The summed E-state index contributed by atoms with van der Waals surface area (Å²) in [5, 5.41) is 17.8. The molecule has 1 aromatic carbocycles. The van der Waals surface area contributed by atoms with Crippen LogP contribution in [0, 0.1) is 16.0 Å². The Morgan fingerprint density at radius 2 is 2.03 bits per heavy atom. The third-order valence-electron chi connectivity index (χ3n) is 4.55. The predicted molar refractivity (Wildman–Crippen MR) is 102 cm³/mol. The number of hydrogen-bond acceptors (Lipinski definition) is 7. The Balaban J connectivity index is 1.76. The smallest absolute Gasteiger partial charge is 0.362 e. The molecule has 1 saturated carbocycles. The van der Waals surface area contributed by atoms with Crippen LogP contribution in [0.3, 0.4) is 0 Å². The first kappa shape index (κ1) is 20.3. The average molecular weight is 402 g/mol. The molecule has 29 heavy (non-hydrogen) atoms. The van der Waals surface area contributed by atoms with E-state index in [4.69, 9.17) is 9.47 Å². The maximum absolute atomic E-state index is 12.2. The van der Waals surface area contributed by atoms with E-state index >= 15 is 0 Å². The van der Waals surface area contributed by atoms with Crippen molar-refractivity contribution in [3.05, 3.63) is 46.3 Å². The standard InChI is InChI=1S/C19H22N4O6/c1-3-28-19(25)18-16(29-11-17(24)20-12(2)13-4-5-13)10-22(21-18)14-6-8-15(9-7-14)23(26)27/h6-10,12-13H,3-5,11H2,1-2H3,(H,20,24)/t12-/m1/s1. The van der Waals surface area contributed by atoms with Crippen LogP contribution in [0.4, 0.5) is 5.69 Å². The Labute approximate surface area is 166 Å². The average Bonchev–Trinajstić information content (AvgIpc) is 3.46. The summed E-state index contributed by atoms with van der Waals surface area (Å²) in [6.07, 6.45) is 3.65. The number of carbonyl (C=O) groups excluding carboxylic acids is 2. The molecule has 1 N–H and O–H groups in total. The van der Waals surface area contributed by atoms with Crippen molar-refractivity contribution in [3.8, 4) is 11.4 Å². The van der Waals surface area contributed by atoms with Crippen LogP contribution >= 0.6 is 0 Å². The summed E-state index contributed by atoms with van der Waals surface area (Å²) in [6.45, 7) is 3.50. The number of nitro benzene ring substituents is 1. The zero-order valence-electron chi connectivity index (χ0n) is 16.2. The Hall–Kier alpha value is -3.43. The van der Waals surface area contributed by atoms with E-state index in [1.54, 1.807) is 6.92 Å². The molecular weight excluding hydrogens is 380 g/mol. The summed E-state index contributed by atoms with van der Waals surface area (Å²) >= 11 is 0. The molecule has 2 aromatic rings. The normalized spacial score (nSPS) is 14.1. The highest BCUT2D eigenvalue weighted by Crippen LogP contribution is 2.32. The molecule has 0 aliphatic heterocycles. The van der Waals surface area contributed by atoms with E-state index in [0.717, 1.165) is 12.8 Å². The fraction of sp³-hybridized carbons (Fsp3) is 0.421. The summed E-state index contributed by atoms with van der Waals surface area (Å²) in [4.78, 5) is 34.6. The largest absolute Gasteiger partial charge is 0.480 e. The number of nitrogens with zero attached hydrogens (tertiary/aromatic N) is 3. The zero-order chi connectivity index (χ0) is 21.0. The molecule has 3 rings (SSSR count). The van der Waals surface area contributed by atoms with Crippen LogP contribution in [0.2, 0.25) is 0 Å². The van der Waals surface area contributed by atoms with Crippen LogP contribution in [0.25, 0.3) is 5.69 Å². The second-order valence-electron chi connectivity index (χ2n) is 6.76. The first-order chi connectivity index (χ1) is 13.9. The third-order valence-corrected chi connectivity index (χ3v) is 4.55. The van der Waals surface area contributed by atoms with Crippen molar-refractivity contribution in [2.45, 2.75) is 32.7 Å². The van der Waals surface area contributed by atoms with E-state index in [-0.39, 0.29) is 42.3 Å². The molecule has 0 spiro atoms. The minimum absolute atomic E-state index is 0.0653. The van der Waals surface area contributed by atoms with Gasteiger partial charge in [-0.1, -0.05) is 0 Å². The highest BCUT2D eigenvalue weighted by atomic mass is 16.6. The Bertz CT molecular complexity index is 904. The molecule has 1 aromatic heterocycles. The lowest BCUT2D eigenvalue weighted by Crippen LogP contribution is -2.37. The van der Waals surface area contributed by atoms with Gasteiger partial charge in [0.2, 0.25) is 5.69 Å². The minimum atomic E-state index is -0.685. The molecule has 1 aliphatic carbocycles. The molecule has 10 heteroatoms. The molecule has 0 unspecified atom stereocenters. The van der Waals surface area contributed by atoms with Crippen LogP contribution in [-0.4, -0.2) is 45.8 Å². The monoisotopic (exact) mass is 402 g/mol. The number of nitro groups is 1. The maximum Gasteiger partial charge on any atom is 0.362 e. The summed E-state index contributed by atoms with van der Waals surface area (Å²) in [5.74, 6) is -0.368. The van der Waals surface area contributed by atoms with Gasteiger partial charge in [0.25, 0.3) is 11.6 Å². The zero-order valence-corrected chi connectivity index (χ0v) is 16.2. The first-order valence-electron chi connectivity index (χ1n) is 9.32. The fourth-order valence-corrected chi connectivity index (χ4v) is 2.82. The van der Waals surface area contributed by atoms with Gasteiger partial charge in [0.05, 0.1) is 23.4 Å². The lowest BCUT2D eigenvalue weighted by Gasteiger charge is -2.13. The molecule has 1 amide bonds. The van der Waals surface area contributed by atoms with E-state index in [1.807, 2.05) is 6.92 Å². The lowest BCUT2D eigenvalue weighted by atomic mass is 10.2. The van der Waals surface area contributed by atoms with Gasteiger partial charge in [0.15, 0.2) is 12.4 Å². The second-order valence-corrected chi connectivity index (χ2v) is 6.76. The van der Waals surface area contributed by atoms with Crippen LogP contribution in [0.1, 0.15) is 37.2 Å². The van der Waals surface area contributed by atoms with Gasteiger partial charge in [-0.3, -0.25) is 14.9 Å². The van der Waals surface area contributed by atoms with Gasteiger partial charge in [-0.25, -0.2) is 9.48 Å². The number of nitrogens with one attached hydrogen (secondary N) is 1. The van der Waals surface area contributed by atoms with Crippen LogP contribution in [-0.2, 0) is 9.53 Å². The summed E-state index contributed by atoms with van der Waals surface area (Å²) in [5.41, 5.74) is 0.348. The van der Waals surface area contributed by atoms with Gasteiger partial charge in [-0.15, -0.1) is 0 Å². The second kappa shape index (κ2) is 8.72. The van der Waals surface area contributed by atoms with Crippen LogP contribution in [0.15, 0.2) is 30.5 Å². The molecule has 0 saturated heterocycles. The van der Waals surface area contributed by atoms with Crippen molar-refractivity contribution in [1.82, 2.24) is 15.1 Å². The number of ether oxygens (including phenoxy) is 2. The van der Waals surface area contributed by atoms with Gasteiger partial charge in [-0.05, 0) is 44.7 Å². The van der Waals surface area contributed by atoms with Crippen LogP contribution in [0.5, 0.6) is 5.75 Å². The van der Waals surface area contributed by atoms with Crippen molar-refractivity contribution < 1.29 is 24.0 Å². The minimum Gasteiger partial charge on any atom is -0.480 e. The number of amides is 1. The van der Waals surface area contributed by atoms with Gasteiger partial charge >= 0.3 is 5.97 Å². The van der Waals surface area contributed by atoms with E-state index in [9.17, 15) is 19.7 Å². The Morgan fingerprint density at radius 1 is 1.34 bits per heavy atom. The molecule has 1 heterocycles. The highest BCUT2D eigenvalue weighted by Gasteiger charge is 2.29. The van der Waals surface area contributed by atoms with Crippen molar-refractivity contribution in [2.75, 3.05) is 13.2 Å². The van der Waals surface area contributed by atoms with Gasteiger partial charge in [-0.2, -0.15) is 5.10 Å². The molecule has 154 valence electrons. The molecule has 0 radical (unpaired) electrons. The fourth-order valence-electron chi connectivity index (χ4n) is 2.82. The number of rotatable bonds is 9. The van der Waals surface area contributed by atoms with Gasteiger partial charge < -0.3 is 14.8 Å². The van der Waals surface area contributed by atoms with Gasteiger partial charge in [0.1, 0.15) is 0 Å². The summed E-state index contributed by atoms with van der Waals surface area (Å²) < 4.78 is 11.9. The molecule has 1 atom stereocenters. The van der Waals surface area contributed by atoms with Crippen molar-refractivity contribution in [1.29, 1.82) is 0 Å². The molecule has 1 aliphatic rings. The number of esters is 1. The van der Waals surface area contributed by atoms with Crippen LogP contribution < -0.4 is 10.1 Å². The van der Waals surface area contributed by atoms with E-state index < -0.39 is 10.9 Å². The predicted octanol–water partition coefficient (Wildman–Crippen LogP) is 2.25. The number of benzene rings is 1. The SMILES string of the molecule is CCOC(=O)c1nn(-c2ccc([N+](=O)[O-])cc2)cc1OCC(=O)N[C@H](C)C1CC1. The van der Waals surface area contributed by atoms with E-state index in [0.29, 0.717) is 11.6 Å².